The van der Waals surface area contributed by atoms with Gasteiger partial charge in [-0.2, -0.15) is 0 Å². The molecule has 0 bridgehead atoms. The van der Waals surface area contributed by atoms with Crippen molar-refractivity contribution in [3.05, 3.63) is 42.2 Å². The molecule has 3 rings (SSSR count). The number of nitrogens with one attached hydrogen (secondary N) is 2. The van der Waals surface area contributed by atoms with Crippen LogP contribution in [0.25, 0.3) is 21.8 Å². The molecule has 0 aliphatic rings. The molecule has 2 heterocycles. The van der Waals surface area contributed by atoms with Gasteiger partial charge < -0.3 is 19.8 Å². The van der Waals surface area contributed by atoms with Crippen LogP contribution >= 0.6 is 0 Å². The number of amides is 1. The molecule has 3 aromatic rings. The van der Waals surface area contributed by atoms with E-state index in [4.69, 9.17) is 4.74 Å². The maximum absolute atomic E-state index is 12.4. The SMILES string of the molecule is CC(C)(CNC(=O)CCc1ccc2c(c1)[nH]c1ccncc12)COC(C)(C)CC=O. The quantitative estimate of drug-likeness (QED) is 0.492. The molecule has 0 aliphatic heterocycles. The number of hydrogen-bond donors (Lipinski definition) is 2. The number of nitrogens with zero attached hydrogens (tertiary/aromatic N) is 1. The first kappa shape index (κ1) is 22.0. The number of aromatic amines is 1. The van der Waals surface area contributed by atoms with E-state index in [0.29, 0.717) is 32.4 Å². The first-order valence-electron chi connectivity index (χ1n) is 10.4. The van der Waals surface area contributed by atoms with Crippen LogP contribution < -0.4 is 5.32 Å². The highest BCUT2D eigenvalue weighted by molar-refractivity contribution is 6.06. The Kier molecular flexibility index (Phi) is 6.56. The van der Waals surface area contributed by atoms with Crippen molar-refractivity contribution < 1.29 is 14.3 Å². The van der Waals surface area contributed by atoms with Gasteiger partial charge in [-0.15, -0.1) is 0 Å². The zero-order valence-corrected chi connectivity index (χ0v) is 18.2. The number of benzene rings is 1. The summed E-state index contributed by atoms with van der Waals surface area (Å²) in [6.07, 6.45) is 5.98. The van der Waals surface area contributed by atoms with E-state index in [1.807, 2.05) is 40.0 Å². The van der Waals surface area contributed by atoms with E-state index >= 15 is 0 Å². The molecule has 2 aromatic heterocycles. The first-order valence-corrected chi connectivity index (χ1v) is 10.4. The molecule has 0 aliphatic carbocycles. The normalized spacial score (nSPS) is 12.4. The molecule has 0 unspecified atom stereocenters. The van der Waals surface area contributed by atoms with Crippen LogP contribution in [-0.4, -0.2) is 40.9 Å². The standard InChI is InChI=1S/C24H31N3O3/c1-23(2,16-30-24(3,4)10-12-28)15-26-22(29)8-6-17-5-7-18-19-14-25-11-9-20(19)27-21(18)13-17/h5,7,9,11-14,27H,6,8,10,15-16H2,1-4H3,(H,26,29). The molecule has 0 spiro atoms. The highest BCUT2D eigenvalue weighted by Gasteiger charge is 2.25. The minimum absolute atomic E-state index is 0.0242. The number of aldehydes is 1. The smallest absolute Gasteiger partial charge is 0.220 e. The zero-order chi connectivity index (χ0) is 21.8. The van der Waals surface area contributed by atoms with Crippen LogP contribution in [-0.2, 0) is 20.7 Å². The lowest BCUT2D eigenvalue weighted by Gasteiger charge is -2.31. The zero-order valence-electron chi connectivity index (χ0n) is 18.2. The lowest BCUT2D eigenvalue weighted by molar-refractivity contribution is -0.122. The molecule has 6 nitrogen and oxygen atoms in total. The van der Waals surface area contributed by atoms with Crippen LogP contribution in [0.3, 0.4) is 0 Å². The van der Waals surface area contributed by atoms with Crippen molar-refractivity contribution >= 4 is 34.0 Å². The Labute approximate surface area is 177 Å². The summed E-state index contributed by atoms with van der Waals surface area (Å²) in [5, 5.41) is 5.27. The highest BCUT2D eigenvalue weighted by atomic mass is 16.5. The van der Waals surface area contributed by atoms with Gasteiger partial charge in [0.15, 0.2) is 0 Å². The molecule has 0 radical (unpaired) electrons. The van der Waals surface area contributed by atoms with Crippen LogP contribution in [0.15, 0.2) is 36.7 Å². The van der Waals surface area contributed by atoms with Gasteiger partial charge in [0.1, 0.15) is 6.29 Å². The second-order valence-corrected chi connectivity index (χ2v) is 9.29. The number of pyridine rings is 1. The van der Waals surface area contributed by atoms with Crippen molar-refractivity contribution in [2.24, 2.45) is 5.41 Å². The third-order valence-electron chi connectivity index (χ3n) is 5.30. The molecule has 1 aromatic carbocycles. The third kappa shape index (κ3) is 5.66. The van der Waals surface area contributed by atoms with Crippen molar-refractivity contribution in [2.75, 3.05) is 13.2 Å². The number of carbonyl (C=O) groups is 2. The summed E-state index contributed by atoms with van der Waals surface area (Å²) < 4.78 is 5.87. The van der Waals surface area contributed by atoms with Crippen molar-refractivity contribution in [3.8, 4) is 0 Å². The second-order valence-electron chi connectivity index (χ2n) is 9.29. The lowest BCUT2D eigenvalue weighted by Crippen LogP contribution is -2.39. The second kappa shape index (κ2) is 8.96. The number of hydrogen-bond acceptors (Lipinski definition) is 4. The maximum atomic E-state index is 12.4. The van der Waals surface area contributed by atoms with Crippen molar-refractivity contribution in [1.29, 1.82) is 0 Å². The van der Waals surface area contributed by atoms with Gasteiger partial charge >= 0.3 is 0 Å². The molecule has 0 fully saturated rings. The number of aromatic nitrogens is 2. The largest absolute Gasteiger partial charge is 0.375 e. The minimum atomic E-state index is -0.486. The van der Waals surface area contributed by atoms with Gasteiger partial charge in [0.05, 0.1) is 12.2 Å². The van der Waals surface area contributed by atoms with Gasteiger partial charge in [0, 0.05) is 59.0 Å². The van der Waals surface area contributed by atoms with Crippen LogP contribution in [0.4, 0.5) is 0 Å². The Bertz CT molecular complexity index is 1040. The van der Waals surface area contributed by atoms with E-state index in [0.717, 1.165) is 33.7 Å². The number of H-pyrrole nitrogens is 1. The van der Waals surface area contributed by atoms with E-state index < -0.39 is 5.60 Å². The molecular formula is C24H31N3O3. The van der Waals surface area contributed by atoms with Gasteiger partial charge in [-0.05, 0) is 38.0 Å². The fourth-order valence-corrected chi connectivity index (χ4v) is 3.33. The molecule has 30 heavy (non-hydrogen) atoms. The predicted molar refractivity (Wildman–Crippen MR) is 119 cm³/mol. The van der Waals surface area contributed by atoms with Crippen molar-refractivity contribution in [1.82, 2.24) is 15.3 Å². The lowest BCUT2D eigenvalue weighted by atomic mass is 9.94. The highest BCUT2D eigenvalue weighted by Crippen LogP contribution is 2.25. The monoisotopic (exact) mass is 409 g/mol. The van der Waals surface area contributed by atoms with E-state index in [2.05, 4.69) is 33.5 Å². The van der Waals surface area contributed by atoms with Crippen molar-refractivity contribution in [3.63, 3.8) is 0 Å². The number of aryl methyl sites for hydroxylation is 1. The molecule has 160 valence electrons. The summed E-state index contributed by atoms with van der Waals surface area (Å²) in [6, 6.07) is 8.23. The topological polar surface area (TPSA) is 84.1 Å². The predicted octanol–water partition coefficient (Wildman–Crippen LogP) is 4.18. The van der Waals surface area contributed by atoms with E-state index in [1.165, 1.54) is 0 Å². The van der Waals surface area contributed by atoms with Crippen LogP contribution in [0.1, 0.15) is 46.1 Å². The Morgan fingerprint density at radius 2 is 1.97 bits per heavy atom. The fourth-order valence-electron chi connectivity index (χ4n) is 3.33. The first-order chi connectivity index (χ1) is 14.2. The summed E-state index contributed by atoms with van der Waals surface area (Å²) in [4.78, 5) is 30.7. The number of rotatable bonds is 10. The Morgan fingerprint density at radius 1 is 1.17 bits per heavy atom. The average Bonchev–Trinajstić information content (AvgIpc) is 3.07. The molecule has 6 heteroatoms. The summed E-state index contributed by atoms with van der Waals surface area (Å²) in [7, 11) is 0. The van der Waals surface area contributed by atoms with E-state index in [9.17, 15) is 9.59 Å². The number of fused-ring (bicyclic) bond motifs is 3. The van der Waals surface area contributed by atoms with Crippen molar-refractivity contribution in [2.45, 2.75) is 52.6 Å². The average molecular weight is 410 g/mol. The molecule has 0 atom stereocenters. The summed E-state index contributed by atoms with van der Waals surface area (Å²) in [6.45, 7) is 8.89. The Morgan fingerprint density at radius 3 is 2.73 bits per heavy atom. The molecule has 0 saturated carbocycles. The van der Waals surface area contributed by atoms with Gasteiger partial charge in [-0.1, -0.05) is 26.0 Å². The summed E-state index contributed by atoms with van der Waals surface area (Å²) in [5.41, 5.74) is 2.55. The minimum Gasteiger partial charge on any atom is -0.375 e. The third-order valence-corrected chi connectivity index (χ3v) is 5.30. The van der Waals surface area contributed by atoms with Crippen LogP contribution in [0.2, 0.25) is 0 Å². The molecular weight excluding hydrogens is 378 g/mol. The molecule has 2 N–H and O–H groups in total. The molecule has 0 saturated heterocycles. The fraction of sp³-hybridized carbons (Fsp3) is 0.458. The van der Waals surface area contributed by atoms with E-state index in [1.54, 1.807) is 6.20 Å². The van der Waals surface area contributed by atoms with Gasteiger partial charge in [-0.3, -0.25) is 9.78 Å². The molecule has 1 amide bonds. The van der Waals surface area contributed by atoms with Crippen LogP contribution in [0.5, 0.6) is 0 Å². The number of ether oxygens (including phenoxy) is 1. The van der Waals surface area contributed by atoms with E-state index in [-0.39, 0.29) is 11.3 Å². The Hall–Kier alpha value is -2.73. The number of carbonyl (C=O) groups excluding carboxylic acids is 2. The summed E-state index contributed by atoms with van der Waals surface area (Å²) >= 11 is 0. The van der Waals surface area contributed by atoms with Gasteiger partial charge in [0.2, 0.25) is 5.91 Å². The van der Waals surface area contributed by atoms with Gasteiger partial charge in [-0.25, -0.2) is 0 Å². The summed E-state index contributed by atoms with van der Waals surface area (Å²) in [5.74, 6) is 0.0242. The maximum Gasteiger partial charge on any atom is 0.220 e. The van der Waals surface area contributed by atoms with Gasteiger partial charge in [0.25, 0.3) is 0 Å². The Balaban J connectivity index is 1.50. The van der Waals surface area contributed by atoms with Crippen LogP contribution in [0, 0.1) is 5.41 Å².